The van der Waals surface area contributed by atoms with Crippen LogP contribution >= 0.6 is 0 Å². The summed E-state index contributed by atoms with van der Waals surface area (Å²) in [6.45, 7) is 4.73. The molecule has 0 aliphatic carbocycles. The van der Waals surface area contributed by atoms with E-state index < -0.39 is 24.3 Å². The van der Waals surface area contributed by atoms with Crippen molar-refractivity contribution in [2.45, 2.75) is 200 Å². The second kappa shape index (κ2) is 44.3. The van der Waals surface area contributed by atoms with Crippen LogP contribution in [0, 0.1) is 0 Å². The molecule has 62 heavy (non-hydrogen) atoms. The maximum Gasteiger partial charge on any atom is 0.361 e. The van der Waals surface area contributed by atoms with Crippen LogP contribution in [0.5, 0.6) is 0 Å². The average Bonchev–Trinajstić information content (AvgIpc) is 3.23. The van der Waals surface area contributed by atoms with Crippen LogP contribution in [-0.4, -0.2) is 87.4 Å². The number of allylic oxidation sites excluding steroid dienone is 12. The molecule has 9 nitrogen and oxygen atoms in total. The van der Waals surface area contributed by atoms with Crippen molar-refractivity contribution in [1.29, 1.82) is 0 Å². The molecular formula is C53H92NO8+. The topological polar surface area (TPSA) is 108 Å². The molecule has 0 radical (unpaired) electrons. The smallest absolute Gasteiger partial charge is 0.361 e. The van der Waals surface area contributed by atoms with Crippen LogP contribution in [0.4, 0.5) is 0 Å². The largest absolute Gasteiger partial charge is 0.477 e. The number of carboxylic acids is 1. The lowest BCUT2D eigenvalue weighted by Gasteiger charge is -2.25. The van der Waals surface area contributed by atoms with Gasteiger partial charge in [-0.2, -0.15) is 0 Å². The molecule has 2 unspecified atom stereocenters. The molecule has 0 bridgehead atoms. The molecule has 0 aliphatic rings. The number of rotatable bonds is 44. The van der Waals surface area contributed by atoms with Crippen LogP contribution in [0.2, 0.25) is 0 Å². The Balaban J connectivity index is 4.37. The number of quaternary nitrogens is 1. The van der Waals surface area contributed by atoms with Crippen molar-refractivity contribution >= 4 is 17.9 Å². The normalized spacial score (nSPS) is 13.5. The van der Waals surface area contributed by atoms with Gasteiger partial charge in [-0.15, -0.1) is 0 Å². The number of carboxylic acid groups (broad SMARTS) is 1. The fraction of sp³-hybridized carbons (Fsp3) is 0.717. The van der Waals surface area contributed by atoms with E-state index in [9.17, 15) is 19.5 Å². The molecule has 2 atom stereocenters. The van der Waals surface area contributed by atoms with Crippen molar-refractivity contribution in [3.05, 3.63) is 72.9 Å². The van der Waals surface area contributed by atoms with E-state index in [0.717, 1.165) is 96.3 Å². The highest BCUT2D eigenvalue weighted by atomic mass is 16.7. The highest BCUT2D eigenvalue weighted by Crippen LogP contribution is 2.14. The number of hydrogen-bond acceptors (Lipinski definition) is 7. The zero-order chi connectivity index (χ0) is 45.6. The Hall–Kier alpha value is -3.27. The van der Waals surface area contributed by atoms with E-state index in [4.69, 9.17) is 18.9 Å². The van der Waals surface area contributed by atoms with Gasteiger partial charge in [0.25, 0.3) is 6.29 Å². The lowest BCUT2D eigenvalue weighted by Crippen LogP contribution is -2.40. The predicted octanol–water partition coefficient (Wildman–Crippen LogP) is 13.5. The van der Waals surface area contributed by atoms with E-state index in [1.807, 2.05) is 21.1 Å². The standard InChI is InChI=1S/C53H91NO8/c1-6-8-10-12-14-16-18-20-21-22-23-24-25-26-27-28-29-30-31-32-34-36-38-40-42-44-51(56)62-49(48-61-53(52(57)58)59-46-45-54(3,4)5)47-60-50(55)43-41-39-37-35-33-19-17-15-13-11-9-7-2/h8,10,14,16,20-21,23-24,26-27,29-30,49,53H,6-7,9,11-13,15,17-19,22,25,28,31-48H2,1-5H3/p+1/b10-8-,16-14-,21-20-,24-23-,27-26-,30-29-. The number of likely N-dealkylation sites (N-methyl/N-ethyl adjacent to an activating group) is 1. The molecule has 356 valence electrons. The molecule has 0 aromatic rings. The number of carbonyl (C=O) groups is 3. The van der Waals surface area contributed by atoms with Crippen molar-refractivity contribution < 1.29 is 42.9 Å². The van der Waals surface area contributed by atoms with Crippen LogP contribution in [0.1, 0.15) is 187 Å². The lowest BCUT2D eigenvalue weighted by molar-refractivity contribution is -0.870. The molecular weight excluding hydrogens is 779 g/mol. The molecule has 0 saturated carbocycles. The molecule has 0 heterocycles. The van der Waals surface area contributed by atoms with Gasteiger partial charge in [-0.25, -0.2) is 4.79 Å². The van der Waals surface area contributed by atoms with Crippen LogP contribution < -0.4 is 0 Å². The fourth-order valence-electron chi connectivity index (χ4n) is 6.43. The van der Waals surface area contributed by atoms with Gasteiger partial charge in [0.05, 0.1) is 34.4 Å². The highest BCUT2D eigenvalue weighted by molar-refractivity contribution is 5.71. The summed E-state index contributed by atoms with van der Waals surface area (Å²) >= 11 is 0. The summed E-state index contributed by atoms with van der Waals surface area (Å²) in [5.41, 5.74) is 0. The first kappa shape index (κ1) is 58.7. The lowest BCUT2D eigenvalue weighted by atomic mass is 10.0. The van der Waals surface area contributed by atoms with Crippen molar-refractivity contribution in [1.82, 2.24) is 0 Å². The van der Waals surface area contributed by atoms with Crippen molar-refractivity contribution in [3.63, 3.8) is 0 Å². The van der Waals surface area contributed by atoms with Crippen molar-refractivity contribution in [2.24, 2.45) is 0 Å². The summed E-state index contributed by atoms with van der Waals surface area (Å²) in [6, 6.07) is 0. The molecule has 0 rings (SSSR count). The third-order valence-electron chi connectivity index (χ3n) is 10.2. The van der Waals surface area contributed by atoms with Gasteiger partial charge < -0.3 is 28.5 Å². The molecule has 0 fully saturated rings. The third-order valence-corrected chi connectivity index (χ3v) is 10.2. The summed E-state index contributed by atoms with van der Waals surface area (Å²) in [6.07, 6.45) is 52.5. The van der Waals surface area contributed by atoms with Gasteiger partial charge in [0.1, 0.15) is 13.2 Å². The van der Waals surface area contributed by atoms with Gasteiger partial charge in [0.2, 0.25) is 0 Å². The second-order valence-electron chi connectivity index (χ2n) is 17.4. The first-order chi connectivity index (χ1) is 30.1. The van der Waals surface area contributed by atoms with Gasteiger partial charge in [-0.05, 0) is 64.2 Å². The Morgan fingerprint density at radius 2 is 0.919 bits per heavy atom. The molecule has 0 saturated heterocycles. The monoisotopic (exact) mass is 871 g/mol. The van der Waals surface area contributed by atoms with Gasteiger partial charge in [0, 0.05) is 12.8 Å². The molecule has 1 N–H and O–H groups in total. The summed E-state index contributed by atoms with van der Waals surface area (Å²) in [5, 5.41) is 9.65. The molecule has 9 heteroatoms. The summed E-state index contributed by atoms with van der Waals surface area (Å²) in [4.78, 5) is 37.2. The molecule has 0 amide bonds. The van der Waals surface area contributed by atoms with Gasteiger partial charge >= 0.3 is 17.9 Å². The Bertz CT molecular complexity index is 1240. The van der Waals surface area contributed by atoms with Crippen LogP contribution in [0.15, 0.2) is 72.9 Å². The van der Waals surface area contributed by atoms with Crippen LogP contribution in [0.25, 0.3) is 0 Å². The third kappa shape index (κ3) is 44.8. The van der Waals surface area contributed by atoms with Crippen molar-refractivity contribution in [2.75, 3.05) is 47.5 Å². The van der Waals surface area contributed by atoms with Crippen molar-refractivity contribution in [3.8, 4) is 0 Å². The first-order valence-electron chi connectivity index (χ1n) is 24.6. The highest BCUT2D eigenvalue weighted by Gasteiger charge is 2.25. The Labute approximate surface area is 379 Å². The number of esters is 2. The minimum Gasteiger partial charge on any atom is -0.477 e. The fourth-order valence-corrected chi connectivity index (χ4v) is 6.43. The number of ether oxygens (including phenoxy) is 4. The maximum atomic E-state index is 12.8. The Morgan fingerprint density at radius 3 is 1.37 bits per heavy atom. The SMILES string of the molecule is CC/C=C\C/C=C\C/C=C\C/C=C\C/C=C\C/C=C\CCCCCCCCC(=O)OC(COC(=O)CCCCCCCCCCCCCC)COC(OCC[N+](C)(C)C)C(=O)O. The van der Waals surface area contributed by atoms with Gasteiger partial charge in [-0.1, -0.05) is 183 Å². The van der Waals surface area contributed by atoms with E-state index in [-0.39, 0.29) is 32.2 Å². The zero-order valence-corrected chi connectivity index (χ0v) is 40.3. The molecule has 0 spiro atoms. The molecule has 0 aromatic carbocycles. The van der Waals surface area contributed by atoms with E-state index in [1.54, 1.807) is 0 Å². The molecule has 0 aliphatic heterocycles. The minimum atomic E-state index is -1.51. The Kier molecular flexibility index (Phi) is 42.0. The summed E-state index contributed by atoms with van der Waals surface area (Å²) in [7, 11) is 5.95. The van der Waals surface area contributed by atoms with E-state index in [2.05, 4.69) is 86.8 Å². The zero-order valence-electron chi connectivity index (χ0n) is 40.3. The number of unbranched alkanes of at least 4 members (excludes halogenated alkanes) is 17. The number of carbonyl (C=O) groups excluding carboxylic acids is 2. The maximum absolute atomic E-state index is 12.8. The van der Waals surface area contributed by atoms with Crippen LogP contribution in [0.3, 0.4) is 0 Å². The summed E-state index contributed by atoms with van der Waals surface area (Å²) < 4.78 is 22.7. The quantitative estimate of drug-likeness (QED) is 0.0212. The van der Waals surface area contributed by atoms with E-state index >= 15 is 0 Å². The summed E-state index contributed by atoms with van der Waals surface area (Å²) in [5.74, 6) is -2.03. The van der Waals surface area contributed by atoms with Crippen LogP contribution in [-0.2, 0) is 33.3 Å². The number of hydrogen-bond donors (Lipinski definition) is 1. The van der Waals surface area contributed by atoms with Gasteiger partial charge in [-0.3, -0.25) is 9.59 Å². The number of aliphatic carboxylic acids is 1. The number of nitrogens with zero attached hydrogens (tertiary/aromatic N) is 1. The molecule has 0 aromatic heterocycles. The second-order valence-corrected chi connectivity index (χ2v) is 17.4. The average molecular weight is 871 g/mol. The minimum absolute atomic E-state index is 0.182. The Morgan fingerprint density at radius 1 is 0.500 bits per heavy atom. The van der Waals surface area contributed by atoms with E-state index in [1.165, 1.54) is 57.8 Å². The van der Waals surface area contributed by atoms with E-state index in [0.29, 0.717) is 23.9 Å². The first-order valence-corrected chi connectivity index (χ1v) is 24.6. The predicted molar refractivity (Wildman–Crippen MR) is 258 cm³/mol. The van der Waals surface area contributed by atoms with Gasteiger partial charge in [0.15, 0.2) is 6.10 Å².